The van der Waals surface area contributed by atoms with Gasteiger partial charge in [0.1, 0.15) is 11.5 Å². The molecule has 10 heteroatoms. The number of aromatic nitrogens is 2. The number of carbonyl (C=O) groups is 1. The number of fused-ring (bicyclic) bond motifs is 2. The Kier molecular flexibility index (Phi) is 5.36. The van der Waals surface area contributed by atoms with Crippen LogP contribution in [0.15, 0.2) is 59.6 Å². The number of anilines is 1. The topological polar surface area (TPSA) is 87.8 Å². The van der Waals surface area contributed by atoms with Crippen molar-refractivity contribution in [1.29, 1.82) is 4.78 Å². The Balaban J connectivity index is 1.60. The number of imidazole rings is 1. The third-order valence-corrected chi connectivity index (χ3v) is 7.25. The highest BCUT2D eigenvalue weighted by Crippen LogP contribution is 2.37. The molecule has 1 unspecified atom stereocenters. The van der Waals surface area contributed by atoms with Crippen molar-refractivity contribution in [2.24, 2.45) is 0 Å². The molecule has 2 aromatic heterocycles. The van der Waals surface area contributed by atoms with Crippen LogP contribution in [-0.4, -0.2) is 31.9 Å². The number of amides is 1. The highest BCUT2D eigenvalue weighted by molar-refractivity contribution is 7.91. The average Bonchev–Trinajstić information content (AvgIpc) is 3.10. The van der Waals surface area contributed by atoms with E-state index in [1.807, 2.05) is 0 Å². The van der Waals surface area contributed by atoms with E-state index in [0.717, 1.165) is 0 Å². The molecule has 1 N–H and O–H groups in total. The number of hydrogen-bond donors (Lipinski definition) is 1. The van der Waals surface area contributed by atoms with Crippen molar-refractivity contribution in [3.05, 3.63) is 77.8 Å². The number of rotatable bonds is 4. The first-order valence-corrected chi connectivity index (χ1v) is 12.8. The van der Waals surface area contributed by atoms with E-state index in [2.05, 4.69) is 4.98 Å². The molecule has 1 aliphatic rings. The van der Waals surface area contributed by atoms with Gasteiger partial charge in [-0.05, 0) is 43.7 Å². The largest absolute Gasteiger partial charge is 0.476 e. The van der Waals surface area contributed by atoms with E-state index >= 15 is 4.39 Å². The molecule has 0 radical (unpaired) electrons. The molecule has 0 saturated heterocycles. The SMILES string of the molecule is Cc1nc2cc(F)c(-c3ccc(S(C)(=N)=O)cc3)cn2c1CN1C(=O)[C@@H](C)Oc2c(F)cccc21. The monoisotopic (exact) mass is 496 g/mol. The van der Waals surface area contributed by atoms with Crippen molar-refractivity contribution >= 4 is 27.0 Å². The third-order valence-electron chi connectivity index (χ3n) is 6.08. The lowest BCUT2D eigenvalue weighted by Crippen LogP contribution is -2.44. The molecule has 0 fully saturated rings. The summed E-state index contributed by atoms with van der Waals surface area (Å²) in [6, 6.07) is 12.0. The maximum Gasteiger partial charge on any atom is 0.268 e. The number of benzene rings is 2. The first-order chi connectivity index (χ1) is 16.5. The molecule has 1 amide bonds. The van der Waals surface area contributed by atoms with E-state index in [9.17, 15) is 13.4 Å². The van der Waals surface area contributed by atoms with E-state index < -0.39 is 27.5 Å². The van der Waals surface area contributed by atoms with Gasteiger partial charge in [-0.25, -0.2) is 22.8 Å². The standard InChI is InChI=1S/C25H22F2N4O3S/c1-14-22(13-31-21-6-4-5-19(26)24(21)34-15(2)25(31)32)30-12-18(20(27)11-23(30)29-14)16-7-9-17(10-8-16)35(3,28)33/h4-12,15,28H,13H2,1-3H3/t15-,35?/m1/s1. The molecule has 180 valence electrons. The van der Waals surface area contributed by atoms with Gasteiger partial charge in [0.25, 0.3) is 5.91 Å². The Bertz CT molecular complexity index is 1600. The van der Waals surface area contributed by atoms with Gasteiger partial charge < -0.3 is 9.14 Å². The molecule has 4 aromatic rings. The molecule has 1 aliphatic heterocycles. The summed E-state index contributed by atoms with van der Waals surface area (Å²) in [5.41, 5.74) is 2.74. The molecular weight excluding hydrogens is 474 g/mol. The van der Waals surface area contributed by atoms with E-state index in [-0.39, 0.29) is 23.8 Å². The number of para-hydroxylation sites is 1. The average molecular weight is 497 g/mol. The zero-order valence-corrected chi connectivity index (χ0v) is 20.0. The minimum absolute atomic E-state index is 0.0137. The zero-order valence-electron chi connectivity index (χ0n) is 19.2. The van der Waals surface area contributed by atoms with Gasteiger partial charge in [0.2, 0.25) is 0 Å². The fourth-order valence-electron chi connectivity index (χ4n) is 4.23. The van der Waals surface area contributed by atoms with Gasteiger partial charge in [-0.3, -0.25) is 9.69 Å². The van der Waals surface area contributed by atoms with Gasteiger partial charge in [-0.2, -0.15) is 0 Å². The summed E-state index contributed by atoms with van der Waals surface area (Å²) in [5, 5.41) is 0. The predicted molar refractivity (Wildman–Crippen MR) is 128 cm³/mol. The first-order valence-electron chi connectivity index (χ1n) is 10.8. The molecule has 3 heterocycles. The van der Waals surface area contributed by atoms with Crippen LogP contribution in [0.4, 0.5) is 14.5 Å². The van der Waals surface area contributed by atoms with Crippen molar-refractivity contribution in [1.82, 2.24) is 9.38 Å². The highest BCUT2D eigenvalue weighted by Gasteiger charge is 2.34. The zero-order chi connectivity index (χ0) is 25.1. The quantitative estimate of drug-likeness (QED) is 0.434. The number of halogens is 2. The summed E-state index contributed by atoms with van der Waals surface area (Å²) < 4.78 is 56.3. The Hall–Kier alpha value is -3.79. The van der Waals surface area contributed by atoms with Gasteiger partial charge in [-0.1, -0.05) is 18.2 Å². The molecule has 0 saturated carbocycles. The van der Waals surface area contributed by atoms with Crippen LogP contribution < -0.4 is 9.64 Å². The lowest BCUT2D eigenvalue weighted by Gasteiger charge is -2.33. The molecule has 35 heavy (non-hydrogen) atoms. The number of nitrogens with zero attached hydrogens (tertiary/aromatic N) is 3. The molecule has 0 spiro atoms. The lowest BCUT2D eigenvalue weighted by molar-refractivity contribution is -0.125. The second-order valence-electron chi connectivity index (χ2n) is 8.55. The van der Waals surface area contributed by atoms with Crippen molar-refractivity contribution in [2.45, 2.75) is 31.4 Å². The Labute approximate surface area is 201 Å². The maximum atomic E-state index is 15.0. The second-order valence-corrected chi connectivity index (χ2v) is 10.7. The number of aryl methyl sites for hydroxylation is 1. The van der Waals surface area contributed by atoms with Gasteiger partial charge in [-0.15, -0.1) is 0 Å². The fourth-order valence-corrected chi connectivity index (χ4v) is 4.89. The summed E-state index contributed by atoms with van der Waals surface area (Å²) in [7, 11) is -2.89. The molecule has 0 bridgehead atoms. The molecule has 0 aliphatic carbocycles. The van der Waals surface area contributed by atoms with E-state index in [1.165, 1.54) is 29.4 Å². The summed E-state index contributed by atoms with van der Waals surface area (Å²) in [5.74, 6) is -1.36. The smallest absolute Gasteiger partial charge is 0.268 e. The summed E-state index contributed by atoms with van der Waals surface area (Å²) in [4.78, 5) is 19.2. The minimum atomic E-state index is -2.89. The number of carbonyl (C=O) groups excluding carboxylic acids is 1. The fraction of sp³-hybridized carbons (Fsp3) is 0.200. The van der Waals surface area contributed by atoms with Crippen LogP contribution in [0.5, 0.6) is 5.75 Å². The molecular formula is C25H22F2N4O3S. The maximum absolute atomic E-state index is 15.0. The second kappa shape index (κ2) is 8.16. The van der Waals surface area contributed by atoms with E-state index in [0.29, 0.717) is 33.2 Å². The number of nitrogens with one attached hydrogen (secondary N) is 1. The first kappa shape index (κ1) is 23.0. The van der Waals surface area contributed by atoms with Crippen LogP contribution in [0.3, 0.4) is 0 Å². The lowest BCUT2D eigenvalue weighted by atomic mass is 10.1. The Morgan fingerprint density at radius 3 is 2.54 bits per heavy atom. The van der Waals surface area contributed by atoms with Crippen LogP contribution >= 0.6 is 0 Å². The summed E-state index contributed by atoms with van der Waals surface area (Å²) >= 11 is 0. The van der Waals surface area contributed by atoms with E-state index in [4.69, 9.17) is 9.52 Å². The normalized spacial score (nSPS) is 17.2. The van der Waals surface area contributed by atoms with E-state index in [1.54, 1.807) is 54.8 Å². The van der Waals surface area contributed by atoms with Gasteiger partial charge in [0.05, 0.1) is 33.3 Å². The molecule has 2 aromatic carbocycles. The van der Waals surface area contributed by atoms with Crippen LogP contribution in [-0.2, 0) is 21.1 Å². The van der Waals surface area contributed by atoms with Crippen molar-refractivity contribution in [3.8, 4) is 16.9 Å². The highest BCUT2D eigenvalue weighted by atomic mass is 32.2. The van der Waals surface area contributed by atoms with Crippen LogP contribution in [0.1, 0.15) is 18.3 Å². The van der Waals surface area contributed by atoms with Crippen molar-refractivity contribution in [2.75, 3.05) is 11.2 Å². The van der Waals surface area contributed by atoms with Gasteiger partial charge in [0, 0.05) is 29.0 Å². The van der Waals surface area contributed by atoms with Gasteiger partial charge >= 0.3 is 0 Å². The van der Waals surface area contributed by atoms with Crippen LogP contribution in [0.25, 0.3) is 16.8 Å². The van der Waals surface area contributed by atoms with Crippen molar-refractivity contribution in [3.63, 3.8) is 0 Å². The minimum Gasteiger partial charge on any atom is -0.476 e. The molecule has 5 rings (SSSR count). The molecule has 2 atom stereocenters. The van der Waals surface area contributed by atoms with Crippen molar-refractivity contribution < 1.29 is 22.5 Å². The molecule has 7 nitrogen and oxygen atoms in total. The Morgan fingerprint density at radius 1 is 1.14 bits per heavy atom. The van der Waals surface area contributed by atoms with Crippen LogP contribution in [0, 0.1) is 23.3 Å². The third kappa shape index (κ3) is 3.93. The summed E-state index contributed by atoms with van der Waals surface area (Å²) in [6.07, 6.45) is 2.06. The van der Waals surface area contributed by atoms with Crippen LogP contribution in [0.2, 0.25) is 0 Å². The number of pyridine rings is 1. The van der Waals surface area contributed by atoms with Gasteiger partial charge in [0.15, 0.2) is 17.7 Å². The predicted octanol–water partition coefficient (Wildman–Crippen LogP) is 4.94. The number of ether oxygens (including phenoxy) is 1. The summed E-state index contributed by atoms with van der Waals surface area (Å²) in [6.45, 7) is 3.41. The number of hydrogen-bond acceptors (Lipinski definition) is 5. The Morgan fingerprint density at radius 2 is 1.86 bits per heavy atom.